The molecular weight excluding hydrogens is 214 g/mol. The molecule has 1 N–H and O–H groups in total. The van der Waals surface area contributed by atoms with Gasteiger partial charge in [-0.15, -0.1) is 0 Å². The van der Waals surface area contributed by atoms with Crippen molar-refractivity contribution in [3.8, 4) is 0 Å². The van der Waals surface area contributed by atoms with E-state index in [1.807, 2.05) is 0 Å². The Morgan fingerprint density at radius 3 is 2.06 bits per heavy atom. The Labute approximate surface area is 102 Å². The second-order valence-corrected chi connectivity index (χ2v) is 4.13. The van der Waals surface area contributed by atoms with Crippen LogP contribution in [0.2, 0.25) is 0 Å². The number of nitrogens with one attached hydrogen (secondary N) is 1. The van der Waals surface area contributed by atoms with Gasteiger partial charge in [-0.2, -0.15) is 0 Å². The fourth-order valence-electron chi connectivity index (χ4n) is 1.61. The van der Waals surface area contributed by atoms with Crippen molar-refractivity contribution in [1.82, 2.24) is 5.32 Å². The normalized spacial score (nSPS) is 10.0. The zero-order chi connectivity index (χ0) is 12.7. The van der Waals surface area contributed by atoms with E-state index in [9.17, 15) is 9.59 Å². The molecule has 0 saturated heterocycles. The minimum atomic E-state index is -0.507. The van der Waals surface area contributed by atoms with E-state index < -0.39 is 11.7 Å². The number of carbonyl (C=O) groups excluding carboxylic acids is 2. The number of Topliss-reactive ketones (excluding diaryl/α,β-unsaturated/α-hetero) is 1. The maximum atomic E-state index is 11.0. The Morgan fingerprint density at radius 1 is 1.06 bits per heavy atom. The van der Waals surface area contributed by atoms with E-state index in [2.05, 4.69) is 36.5 Å². The summed E-state index contributed by atoms with van der Waals surface area (Å²) in [7, 11) is 0. The predicted molar refractivity (Wildman–Crippen MR) is 67.8 cm³/mol. The third-order valence-corrected chi connectivity index (χ3v) is 2.58. The van der Waals surface area contributed by atoms with Crippen molar-refractivity contribution >= 4 is 11.7 Å². The molecule has 1 amide bonds. The first-order valence-electron chi connectivity index (χ1n) is 6.00. The minimum absolute atomic E-state index is 0.441. The van der Waals surface area contributed by atoms with Crippen molar-refractivity contribution in [3.63, 3.8) is 0 Å². The molecule has 17 heavy (non-hydrogen) atoms. The summed E-state index contributed by atoms with van der Waals surface area (Å²) in [6, 6.07) is 8.38. The number of aryl methyl sites for hydroxylation is 1. The van der Waals surface area contributed by atoms with Crippen LogP contribution in [0.1, 0.15) is 31.4 Å². The lowest BCUT2D eigenvalue weighted by atomic mass is 10.1. The average Bonchev–Trinajstić information content (AvgIpc) is 2.31. The summed E-state index contributed by atoms with van der Waals surface area (Å²) in [5, 5.41) is 2.58. The van der Waals surface area contributed by atoms with Crippen LogP contribution in [0.3, 0.4) is 0 Å². The highest BCUT2D eigenvalue weighted by Crippen LogP contribution is 2.06. The van der Waals surface area contributed by atoms with Crippen LogP contribution in [0.25, 0.3) is 0 Å². The molecule has 0 heterocycles. The van der Waals surface area contributed by atoms with Gasteiger partial charge in [0.15, 0.2) is 0 Å². The Bertz CT molecular complexity index is 382. The van der Waals surface area contributed by atoms with Gasteiger partial charge in [-0.1, -0.05) is 37.6 Å². The van der Waals surface area contributed by atoms with Gasteiger partial charge in [0.1, 0.15) is 0 Å². The molecule has 0 radical (unpaired) electrons. The molecule has 0 atom stereocenters. The lowest BCUT2D eigenvalue weighted by molar-refractivity contribution is -0.136. The van der Waals surface area contributed by atoms with Gasteiger partial charge in [-0.25, -0.2) is 0 Å². The van der Waals surface area contributed by atoms with Crippen LogP contribution in [0, 0.1) is 0 Å². The van der Waals surface area contributed by atoms with E-state index in [4.69, 9.17) is 0 Å². The molecule has 0 aliphatic heterocycles. The summed E-state index contributed by atoms with van der Waals surface area (Å²) >= 11 is 0. The molecule has 0 unspecified atom stereocenters. The van der Waals surface area contributed by atoms with Crippen molar-refractivity contribution in [2.45, 2.75) is 33.1 Å². The molecule has 0 saturated carbocycles. The number of hydrogen-bond donors (Lipinski definition) is 1. The Kier molecular flexibility index (Phi) is 5.40. The van der Waals surface area contributed by atoms with Gasteiger partial charge < -0.3 is 5.32 Å². The van der Waals surface area contributed by atoms with Gasteiger partial charge in [0.25, 0.3) is 5.91 Å². The fourth-order valence-corrected chi connectivity index (χ4v) is 1.61. The van der Waals surface area contributed by atoms with Crippen LogP contribution in [0.4, 0.5) is 0 Å². The zero-order valence-corrected chi connectivity index (χ0v) is 10.5. The van der Waals surface area contributed by atoms with Crippen LogP contribution in [0.5, 0.6) is 0 Å². The van der Waals surface area contributed by atoms with Crippen LogP contribution in [0.15, 0.2) is 24.3 Å². The molecule has 3 heteroatoms. The number of benzene rings is 1. The van der Waals surface area contributed by atoms with Crippen LogP contribution in [-0.2, 0) is 22.4 Å². The van der Waals surface area contributed by atoms with E-state index in [1.54, 1.807) is 0 Å². The summed E-state index contributed by atoms with van der Waals surface area (Å²) in [6.45, 7) is 3.94. The third kappa shape index (κ3) is 4.81. The van der Waals surface area contributed by atoms with E-state index in [1.165, 1.54) is 18.1 Å². The van der Waals surface area contributed by atoms with E-state index in [-0.39, 0.29) is 0 Å². The summed E-state index contributed by atoms with van der Waals surface area (Å²) in [6.07, 6.45) is 3.00. The molecule has 0 spiro atoms. The fraction of sp³-hybridized carbons (Fsp3) is 0.429. The van der Waals surface area contributed by atoms with Crippen molar-refractivity contribution in [2.24, 2.45) is 0 Å². The summed E-state index contributed by atoms with van der Waals surface area (Å²) < 4.78 is 0. The lowest BCUT2D eigenvalue weighted by Crippen LogP contribution is -2.30. The number of rotatable bonds is 6. The van der Waals surface area contributed by atoms with Crippen molar-refractivity contribution < 1.29 is 9.59 Å². The average molecular weight is 233 g/mol. The highest BCUT2D eigenvalue weighted by atomic mass is 16.2. The summed E-state index contributed by atoms with van der Waals surface area (Å²) in [5.74, 6) is -0.948. The largest absolute Gasteiger partial charge is 0.349 e. The van der Waals surface area contributed by atoms with Crippen molar-refractivity contribution in [2.75, 3.05) is 6.54 Å². The molecule has 92 valence electrons. The van der Waals surface area contributed by atoms with Gasteiger partial charge in [0.2, 0.25) is 5.78 Å². The molecule has 0 aromatic heterocycles. The molecule has 1 aromatic carbocycles. The second kappa shape index (κ2) is 6.84. The Morgan fingerprint density at radius 2 is 1.59 bits per heavy atom. The standard InChI is InChI=1S/C14H19NO2/c1-3-4-12-5-7-13(8-6-12)9-10-15-14(17)11(2)16/h5-8H,3-4,9-10H2,1-2H3,(H,15,17). The Hall–Kier alpha value is -1.64. The maximum absolute atomic E-state index is 11.0. The topological polar surface area (TPSA) is 46.2 Å². The maximum Gasteiger partial charge on any atom is 0.287 e. The monoisotopic (exact) mass is 233 g/mol. The first-order valence-corrected chi connectivity index (χ1v) is 6.00. The molecule has 1 aromatic rings. The van der Waals surface area contributed by atoms with Gasteiger partial charge in [0, 0.05) is 13.5 Å². The smallest absolute Gasteiger partial charge is 0.287 e. The predicted octanol–water partition coefficient (Wildman–Crippen LogP) is 1.89. The van der Waals surface area contributed by atoms with E-state index in [0.29, 0.717) is 6.54 Å². The highest BCUT2D eigenvalue weighted by molar-refractivity contribution is 6.35. The highest BCUT2D eigenvalue weighted by Gasteiger charge is 2.05. The van der Waals surface area contributed by atoms with Crippen molar-refractivity contribution in [1.29, 1.82) is 0 Å². The molecule has 0 fully saturated rings. The third-order valence-electron chi connectivity index (χ3n) is 2.58. The summed E-state index contributed by atoms with van der Waals surface area (Å²) in [4.78, 5) is 21.7. The van der Waals surface area contributed by atoms with Crippen molar-refractivity contribution in [3.05, 3.63) is 35.4 Å². The molecule has 0 aliphatic rings. The first kappa shape index (κ1) is 13.4. The SMILES string of the molecule is CCCc1ccc(CCNC(=O)C(C)=O)cc1. The Balaban J connectivity index is 2.37. The van der Waals surface area contributed by atoms with Gasteiger partial charge >= 0.3 is 0 Å². The first-order chi connectivity index (χ1) is 8.13. The molecule has 0 aliphatic carbocycles. The number of carbonyl (C=O) groups is 2. The van der Waals surface area contributed by atoms with Crippen LogP contribution < -0.4 is 5.32 Å². The van der Waals surface area contributed by atoms with Crippen LogP contribution >= 0.6 is 0 Å². The quantitative estimate of drug-likeness (QED) is 0.763. The van der Waals surface area contributed by atoms with Crippen LogP contribution in [-0.4, -0.2) is 18.2 Å². The summed E-state index contributed by atoms with van der Waals surface area (Å²) in [5.41, 5.74) is 2.51. The lowest BCUT2D eigenvalue weighted by Gasteiger charge is -2.04. The molecule has 3 nitrogen and oxygen atoms in total. The molecular formula is C14H19NO2. The number of ketones is 1. The molecule has 1 rings (SSSR count). The van der Waals surface area contributed by atoms with Gasteiger partial charge in [0.05, 0.1) is 0 Å². The molecule has 0 bridgehead atoms. The minimum Gasteiger partial charge on any atom is -0.349 e. The van der Waals surface area contributed by atoms with E-state index in [0.717, 1.165) is 19.3 Å². The number of amides is 1. The van der Waals surface area contributed by atoms with E-state index >= 15 is 0 Å². The van der Waals surface area contributed by atoms with Gasteiger partial charge in [-0.3, -0.25) is 9.59 Å². The second-order valence-electron chi connectivity index (χ2n) is 4.13. The van der Waals surface area contributed by atoms with Gasteiger partial charge in [-0.05, 0) is 24.0 Å². The number of hydrogen-bond acceptors (Lipinski definition) is 2. The zero-order valence-electron chi connectivity index (χ0n) is 10.5.